The molecule has 2 aromatic rings. The van der Waals surface area contributed by atoms with E-state index in [0.29, 0.717) is 6.42 Å². The van der Waals surface area contributed by atoms with Crippen molar-refractivity contribution < 1.29 is 24.0 Å². The van der Waals surface area contributed by atoms with E-state index in [1.54, 1.807) is 0 Å². The number of hydrogen-bond acceptors (Lipinski definition) is 5. The number of benzene rings is 1. The number of furan rings is 1. The molecule has 8 nitrogen and oxygen atoms in total. The van der Waals surface area contributed by atoms with Crippen molar-refractivity contribution in [3.05, 3.63) is 63.9 Å². The van der Waals surface area contributed by atoms with Crippen LogP contribution in [0.3, 0.4) is 0 Å². The molecule has 0 spiro atoms. The van der Waals surface area contributed by atoms with Crippen molar-refractivity contribution in [1.82, 2.24) is 5.32 Å². The predicted molar refractivity (Wildman–Crippen MR) is 83.6 cm³/mol. The molecule has 1 amide bonds. The van der Waals surface area contributed by atoms with Crippen LogP contribution in [0.5, 0.6) is 0 Å². The van der Waals surface area contributed by atoms with Crippen LogP contribution in [0, 0.1) is 10.1 Å². The molecule has 0 saturated heterocycles. The van der Waals surface area contributed by atoms with Crippen molar-refractivity contribution in [3.8, 4) is 0 Å². The highest BCUT2D eigenvalue weighted by Crippen LogP contribution is 2.16. The Bertz CT molecular complexity index is 725. The van der Waals surface area contributed by atoms with Crippen LogP contribution in [0.15, 0.2) is 46.9 Å². The van der Waals surface area contributed by atoms with E-state index in [-0.39, 0.29) is 18.6 Å². The summed E-state index contributed by atoms with van der Waals surface area (Å²) in [6.07, 6.45) is 0.581. The van der Waals surface area contributed by atoms with Crippen molar-refractivity contribution in [3.63, 3.8) is 0 Å². The van der Waals surface area contributed by atoms with Crippen LogP contribution in [0.2, 0.25) is 0 Å². The molecule has 24 heavy (non-hydrogen) atoms. The molecule has 8 heteroatoms. The first kappa shape index (κ1) is 17.2. The van der Waals surface area contributed by atoms with Gasteiger partial charge in [-0.25, -0.2) is 0 Å². The summed E-state index contributed by atoms with van der Waals surface area (Å²) in [5.74, 6) is -2.29. The Morgan fingerprint density at radius 3 is 2.50 bits per heavy atom. The van der Waals surface area contributed by atoms with E-state index in [0.717, 1.165) is 11.6 Å². The lowest BCUT2D eigenvalue weighted by Gasteiger charge is -2.17. The average Bonchev–Trinajstić information content (AvgIpc) is 3.04. The molecule has 0 radical (unpaired) electrons. The number of carbonyl (C=O) groups is 2. The molecular weight excluding hydrogens is 316 g/mol. The Labute approximate surface area is 137 Å². The number of nitro groups is 1. The van der Waals surface area contributed by atoms with Gasteiger partial charge in [-0.15, -0.1) is 0 Å². The third-order valence-electron chi connectivity index (χ3n) is 3.36. The zero-order valence-corrected chi connectivity index (χ0v) is 12.7. The van der Waals surface area contributed by atoms with Gasteiger partial charge in [-0.1, -0.05) is 30.3 Å². The Balaban J connectivity index is 2.06. The molecule has 1 aromatic carbocycles. The summed E-state index contributed by atoms with van der Waals surface area (Å²) in [6.45, 7) is 0. The van der Waals surface area contributed by atoms with Crippen LogP contribution in [0.25, 0.3) is 0 Å². The van der Waals surface area contributed by atoms with Crippen LogP contribution in [0.1, 0.15) is 29.0 Å². The number of carboxylic acid groups (broad SMARTS) is 1. The van der Waals surface area contributed by atoms with Gasteiger partial charge in [-0.3, -0.25) is 19.7 Å². The van der Waals surface area contributed by atoms with Crippen LogP contribution in [-0.4, -0.2) is 27.9 Å². The van der Waals surface area contributed by atoms with Gasteiger partial charge in [0.1, 0.15) is 4.92 Å². The van der Waals surface area contributed by atoms with Crippen LogP contribution < -0.4 is 5.32 Å². The maximum Gasteiger partial charge on any atom is 0.433 e. The third kappa shape index (κ3) is 4.94. The zero-order chi connectivity index (χ0) is 17.5. The van der Waals surface area contributed by atoms with Crippen LogP contribution in [-0.2, 0) is 11.2 Å². The molecule has 0 aliphatic heterocycles. The fourth-order valence-electron chi connectivity index (χ4n) is 2.23. The van der Waals surface area contributed by atoms with E-state index in [2.05, 4.69) is 5.32 Å². The summed E-state index contributed by atoms with van der Waals surface area (Å²) in [5.41, 5.74) is 0.943. The largest absolute Gasteiger partial charge is 0.481 e. The minimum absolute atomic E-state index is 0.101. The third-order valence-corrected chi connectivity index (χ3v) is 3.36. The SMILES string of the molecule is O=C(O)CCC(Cc1ccccc1)NC(=O)c1ccc([N+](=O)[O-])o1. The number of rotatable bonds is 8. The molecule has 2 N–H and O–H groups in total. The molecule has 1 aromatic heterocycles. The minimum atomic E-state index is -0.962. The van der Waals surface area contributed by atoms with Crippen LogP contribution in [0.4, 0.5) is 5.88 Å². The van der Waals surface area contributed by atoms with Crippen molar-refractivity contribution in [1.29, 1.82) is 0 Å². The molecule has 0 aliphatic rings. The van der Waals surface area contributed by atoms with Crippen molar-refractivity contribution in [2.45, 2.75) is 25.3 Å². The highest BCUT2D eigenvalue weighted by atomic mass is 16.6. The molecule has 1 unspecified atom stereocenters. The maximum atomic E-state index is 12.2. The summed E-state index contributed by atoms with van der Waals surface area (Å²) >= 11 is 0. The fourth-order valence-corrected chi connectivity index (χ4v) is 2.23. The highest BCUT2D eigenvalue weighted by molar-refractivity contribution is 5.91. The maximum absolute atomic E-state index is 12.2. The highest BCUT2D eigenvalue weighted by Gasteiger charge is 2.21. The molecule has 2 rings (SSSR count). The standard InChI is InChI=1S/C16H16N2O6/c19-15(20)9-6-12(10-11-4-2-1-3-5-11)17-16(21)13-7-8-14(24-13)18(22)23/h1-5,7-8,12H,6,9-10H2,(H,17,21)(H,19,20). The van der Waals surface area contributed by atoms with Gasteiger partial charge >= 0.3 is 11.9 Å². The topological polar surface area (TPSA) is 123 Å². The molecule has 126 valence electrons. The average molecular weight is 332 g/mol. The number of hydrogen-bond donors (Lipinski definition) is 2. The molecule has 1 heterocycles. The molecule has 0 saturated carbocycles. The van der Waals surface area contributed by atoms with E-state index >= 15 is 0 Å². The van der Waals surface area contributed by atoms with E-state index in [4.69, 9.17) is 9.52 Å². The second-order valence-electron chi connectivity index (χ2n) is 5.19. The number of amides is 1. The first-order valence-corrected chi connectivity index (χ1v) is 7.26. The van der Waals surface area contributed by atoms with Gasteiger partial charge in [-0.2, -0.15) is 0 Å². The quantitative estimate of drug-likeness (QED) is 0.565. The van der Waals surface area contributed by atoms with Gasteiger partial charge in [-0.05, 0) is 24.5 Å². The monoisotopic (exact) mass is 332 g/mol. The molecule has 0 fully saturated rings. The predicted octanol–water partition coefficient (Wildman–Crippen LogP) is 2.39. The van der Waals surface area contributed by atoms with Gasteiger partial charge in [0.2, 0.25) is 0 Å². The number of nitrogens with one attached hydrogen (secondary N) is 1. The van der Waals surface area contributed by atoms with Gasteiger partial charge in [0, 0.05) is 12.5 Å². The van der Waals surface area contributed by atoms with Crippen molar-refractivity contribution in [2.75, 3.05) is 0 Å². The van der Waals surface area contributed by atoms with Crippen LogP contribution >= 0.6 is 0 Å². The van der Waals surface area contributed by atoms with E-state index < -0.39 is 28.7 Å². The minimum Gasteiger partial charge on any atom is -0.481 e. The van der Waals surface area contributed by atoms with Crippen molar-refractivity contribution >= 4 is 17.8 Å². The molecular formula is C16H16N2O6. The van der Waals surface area contributed by atoms with E-state index in [1.807, 2.05) is 30.3 Å². The van der Waals surface area contributed by atoms with Gasteiger partial charge in [0.25, 0.3) is 5.91 Å². The number of carbonyl (C=O) groups excluding carboxylic acids is 1. The lowest BCUT2D eigenvalue weighted by atomic mass is 10.0. The Kier molecular flexibility index (Phi) is 5.67. The van der Waals surface area contributed by atoms with Crippen molar-refractivity contribution in [2.24, 2.45) is 0 Å². The fraction of sp³-hybridized carbons (Fsp3) is 0.250. The summed E-state index contributed by atoms with van der Waals surface area (Å²) in [5, 5.41) is 22.1. The Hall–Kier alpha value is -3.16. The number of aliphatic carboxylic acids is 1. The first-order chi connectivity index (χ1) is 11.5. The lowest BCUT2D eigenvalue weighted by molar-refractivity contribution is -0.402. The molecule has 0 aliphatic carbocycles. The zero-order valence-electron chi connectivity index (χ0n) is 12.7. The summed E-state index contributed by atoms with van der Waals surface area (Å²) in [6, 6.07) is 11.2. The summed E-state index contributed by atoms with van der Waals surface area (Å²) < 4.78 is 4.86. The summed E-state index contributed by atoms with van der Waals surface area (Å²) in [4.78, 5) is 32.8. The van der Waals surface area contributed by atoms with E-state index in [1.165, 1.54) is 6.07 Å². The summed E-state index contributed by atoms with van der Waals surface area (Å²) in [7, 11) is 0. The molecule has 1 atom stereocenters. The second-order valence-corrected chi connectivity index (χ2v) is 5.19. The molecule has 0 bridgehead atoms. The van der Waals surface area contributed by atoms with Gasteiger partial charge < -0.3 is 14.8 Å². The number of carboxylic acids is 1. The van der Waals surface area contributed by atoms with Gasteiger partial charge in [0.15, 0.2) is 5.76 Å². The van der Waals surface area contributed by atoms with Gasteiger partial charge in [0.05, 0.1) is 6.07 Å². The number of nitrogens with zero attached hydrogens (tertiary/aromatic N) is 1. The Morgan fingerprint density at radius 1 is 1.21 bits per heavy atom. The Morgan fingerprint density at radius 2 is 1.92 bits per heavy atom. The second kappa shape index (κ2) is 7.91. The lowest BCUT2D eigenvalue weighted by Crippen LogP contribution is -2.36. The normalized spacial score (nSPS) is 11.7. The van der Waals surface area contributed by atoms with E-state index in [9.17, 15) is 19.7 Å². The first-order valence-electron chi connectivity index (χ1n) is 7.26. The smallest absolute Gasteiger partial charge is 0.433 e.